The van der Waals surface area contributed by atoms with Gasteiger partial charge in [-0.2, -0.15) is 0 Å². The highest BCUT2D eigenvalue weighted by molar-refractivity contribution is 9.10. The van der Waals surface area contributed by atoms with Crippen molar-refractivity contribution in [2.24, 2.45) is 11.7 Å². The van der Waals surface area contributed by atoms with Gasteiger partial charge < -0.3 is 5.73 Å². The molecule has 2 rings (SSSR count). The third-order valence-electron chi connectivity index (χ3n) is 3.87. The Morgan fingerprint density at radius 1 is 1.35 bits per heavy atom. The summed E-state index contributed by atoms with van der Waals surface area (Å²) in [4.78, 5) is 2.46. The van der Waals surface area contributed by atoms with Crippen LogP contribution in [0.3, 0.4) is 0 Å². The number of nitrogens with two attached hydrogens (primary N) is 1. The molecule has 1 aliphatic carbocycles. The van der Waals surface area contributed by atoms with Crippen LogP contribution in [-0.2, 0) is 6.54 Å². The molecule has 0 spiro atoms. The molecule has 2 unspecified atom stereocenters. The lowest BCUT2D eigenvalue weighted by molar-refractivity contribution is 0.192. The van der Waals surface area contributed by atoms with Crippen LogP contribution in [-0.4, -0.2) is 24.5 Å². The summed E-state index contributed by atoms with van der Waals surface area (Å²) < 4.78 is 1.20. The largest absolute Gasteiger partial charge is 0.330 e. The molecule has 2 atom stereocenters. The number of rotatable bonds is 4. The molecule has 1 fully saturated rings. The fourth-order valence-corrected chi connectivity index (χ4v) is 3.30. The quantitative estimate of drug-likeness (QED) is 0.925. The van der Waals surface area contributed by atoms with Crippen LogP contribution in [0.5, 0.6) is 0 Å². The minimum Gasteiger partial charge on any atom is -0.330 e. The molecule has 1 saturated carbocycles. The maximum absolute atomic E-state index is 5.85. The maximum atomic E-state index is 5.85. The van der Waals surface area contributed by atoms with E-state index in [1.165, 1.54) is 29.3 Å². The van der Waals surface area contributed by atoms with Gasteiger partial charge >= 0.3 is 0 Å². The van der Waals surface area contributed by atoms with Crippen molar-refractivity contribution in [3.05, 3.63) is 34.3 Å². The molecule has 0 saturated heterocycles. The highest BCUT2D eigenvalue weighted by Gasteiger charge is 2.29. The van der Waals surface area contributed by atoms with Crippen LogP contribution in [0.25, 0.3) is 0 Å². The molecule has 0 aromatic heterocycles. The summed E-state index contributed by atoms with van der Waals surface area (Å²) >= 11 is 3.61. The third-order valence-corrected chi connectivity index (χ3v) is 4.64. The molecule has 1 aliphatic rings. The predicted octanol–water partition coefficient (Wildman–Crippen LogP) is 3.01. The number of hydrogen-bond donors (Lipinski definition) is 1. The van der Waals surface area contributed by atoms with Crippen LogP contribution in [0, 0.1) is 5.92 Å². The molecule has 2 N–H and O–H groups in total. The topological polar surface area (TPSA) is 29.3 Å². The summed E-state index contributed by atoms with van der Waals surface area (Å²) in [5.74, 6) is 0.683. The van der Waals surface area contributed by atoms with Crippen molar-refractivity contribution in [3.63, 3.8) is 0 Å². The van der Waals surface area contributed by atoms with E-state index in [1.807, 2.05) is 0 Å². The third kappa shape index (κ3) is 3.09. The van der Waals surface area contributed by atoms with E-state index in [0.29, 0.717) is 12.0 Å². The van der Waals surface area contributed by atoms with Gasteiger partial charge in [0.1, 0.15) is 0 Å². The van der Waals surface area contributed by atoms with Crippen molar-refractivity contribution in [3.8, 4) is 0 Å². The Morgan fingerprint density at radius 2 is 2.12 bits per heavy atom. The average Bonchev–Trinajstić information content (AvgIpc) is 2.80. The van der Waals surface area contributed by atoms with E-state index in [9.17, 15) is 0 Å². The molecule has 3 heteroatoms. The van der Waals surface area contributed by atoms with Crippen molar-refractivity contribution in [2.75, 3.05) is 13.6 Å². The maximum Gasteiger partial charge on any atom is 0.0244 e. The molecular weight excluding hydrogens is 276 g/mol. The lowest BCUT2D eigenvalue weighted by Gasteiger charge is -2.29. The smallest absolute Gasteiger partial charge is 0.0244 e. The summed E-state index contributed by atoms with van der Waals surface area (Å²) in [6.45, 7) is 1.83. The van der Waals surface area contributed by atoms with E-state index in [0.717, 1.165) is 13.1 Å². The molecule has 0 heterocycles. The average molecular weight is 297 g/mol. The minimum absolute atomic E-state index is 0.659. The van der Waals surface area contributed by atoms with Gasteiger partial charge in [-0.1, -0.05) is 40.5 Å². The molecule has 1 aromatic rings. The molecule has 0 bridgehead atoms. The van der Waals surface area contributed by atoms with Crippen molar-refractivity contribution >= 4 is 15.9 Å². The van der Waals surface area contributed by atoms with Gasteiger partial charge in [0.2, 0.25) is 0 Å². The number of halogens is 1. The Kier molecular flexibility index (Phi) is 4.60. The van der Waals surface area contributed by atoms with Gasteiger partial charge in [-0.15, -0.1) is 0 Å². The van der Waals surface area contributed by atoms with Crippen LogP contribution in [0.1, 0.15) is 24.8 Å². The molecule has 17 heavy (non-hydrogen) atoms. The normalized spacial score (nSPS) is 24.5. The Hall–Kier alpha value is -0.380. The first-order chi connectivity index (χ1) is 8.22. The van der Waals surface area contributed by atoms with E-state index in [1.54, 1.807) is 0 Å². The van der Waals surface area contributed by atoms with E-state index < -0.39 is 0 Å². The second-order valence-corrected chi connectivity index (χ2v) is 5.85. The van der Waals surface area contributed by atoms with Crippen LogP contribution in [0.2, 0.25) is 0 Å². The summed E-state index contributed by atoms with van der Waals surface area (Å²) in [7, 11) is 2.22. The minimum atomic E-state index is 0.659. The van der Waals surface area contributed by atoms with Crippen molar-refractivity contribution in [1.29, 1.82) is 0 Å². The zero-order chi connectivity index (χ0) is 12.3. The fraction of sp³-hybridized carbons (Fsp3) is 0.571. The van der Waals surface area contributed by atoms with Gasteiger partial charge in [-0.05, 0) is 44.0 Å². The van der Waals surface area contributed by atoms with E-state index in [4.69, 9.17) is 5.73 Å². The monoisotopic (exact) mass is 296 g/mol. The Morgan fingerprint density at radius 3 is 2.82 bits per heavy atom. The lowest BCUT2D eigenvalue weighted by Crippen LogP contribution is -2.37. The molecular formula is C14H21BrN2. The van der Waals surface area contributed by atoms with Gasteiger partial charge in [0.15, 0.2) is 0 Å². The van der Waals surface area contributed by atoms with E-state index in [2.05, 4.69) is 52.1 Å². The molecule has 0 aliphatic heterocycles. The first-order valence-electron chi connectivity index (χ1n) is 6.36. The van der Waals surface area contributed by atoms with Crippen LogP contribution >= 0.6 is 15.9 Å². The predicted molar refractivity (Wildman–Crippen MR) is 75.8 cm³/mol. The first kappa shape index (κ1) is 13.1. The van der Waals surface area contributed by atoms with Crippen molar-refractivity contribution in [1.82, 2.24) is 4.90 Å². The molecule has 1 aromatic carbocycles. The summed E-state index contributed by atoms with van der Waals surface area (Å²) in [6.07, 6.45) is 3.91. The van der Waals surface area contributed by atoms with Crippen LogP contribution in [0.4, 0.5) is 0 Å². The summed E-state index contributed by atoms with van der Waals surface area (Å²) in [6, 6.07) is 9.12. The van der Waals surface area contributed by atoms with Crippen LogP contribution in [0.15, 0.2) is 28.7 Å². The number of nitrogens with zero attached hydrogens (tertiary/aromatic N) is 1. The lowest BCUT2D eigenvalue weighted by atomic mass is 10.0. The highest BCUT2D eigenvalue weighted by Crippen LogP contribution is 2.30. The standard InChI is InChI=1S/C14H21BrN2/c1-17(14-8-4-6-11(14)9-16)10-12-5-2-3-7-13(12)15/h2-3,5,7,11,14H,4,6,8-10,16H2,1H3. The van der Waals surface area contributed by atoms with E-state index in [-0.39, 0.29) is 0 Å². The molecule has 0 amide bonds. The molecule has 2 nitrogen and oxygen atoms in total. The van der Waals surface area contributed by atoms with E-state index >= 15 is 0 Å². The zero-order valence-electron chi connectivity index (χ0n) is 10.4. The van der Waals surface area contributed by atoms with Gasteiger partial charge in [-0.25, -0.2) is 0 Å². The fourth-order valence-electron chi connectivity index (χ4n) is 2.89. The van der Waals surface area contributed by atoms with Crippen molar-refractivity contribution < 1.29 is 0 Å². The Balaban J connectivity index is 2.01. The second-order valence-electron chi connectivity index (χ2n) is 5.00. The number of benzene rings is 1. The molecule has 94 valence electrons. The zero-order valence-corrected chi connectivity index (χ0v) is 12.0. The van der Waals surface area contributed by atoms with Gasteiger partial charge in [0, 0.05) is 17.1 Å². The van der Waals surface area contributed by atoms with Gasteiger partial charge in [0.25, 0.3) is 0 Å². The summed E-state index contributed by atoms with van der Waals surface area (Å²) in [5, 5.41) is 0. The van der Waals surface area contributed by atoms with Crippen molar-refractivity contribution in [2.45, 2.75) is 31.8 Å². The van der Waals surface area contributed by atoms with Gasteiger partial charge in [0.05, 0.1) is 0 Å². The molecule has 0 radical (unpaired) electrons. The SMILES string of the molecule is CN(Cc1ccccc1Br)C1CCCC1CN. The second kappa shape index (κ2) is 5.98. The summed E-state index contributed by atoms with van der Waals surface area (Å²) in [5.41, 5.74) is 7.21. The van der Waals surface area contributed by atoms with Crippen LogP contribution < -0.4 is 5.73 Å². The Labute approximate surface area is 112 Å². The van der Waals surface area contributed by atoms with Gasteiger partial charge in [-0.3, -0.25) is 4.90 Å². The Bertz CT molecular complexity index is 367. The number of hydrogen-bond acceptors (Lipinski definition) is 2. The highest BCUT2D eigenvalue weighted by atomic mass is 79.9. The first-order valence-corrected chi connectivity index (χ1v) is 7.15.